The minimum atomic E-state index is -0.132. The number of fused-ring (bicyclic) bond motifs is 1. The van der Waals surface area contributed by atoms with Gasteiger partial charge in [-0.05, 0) is 0 Å². The summed E-state index contributed by atoms with van der Waals surface area (Å²) in [5, 5.41) is 2.75. The van der Waals surface area contributed by atoms with Crippen molar-refractivity contribution in [2.75, 3.05) is 0 Å². The summed E-state index contributed by atoms with van der Waals surface area (Å²) in [5.74, 6) is 0. The summed E-state index contributed by atoms with van der Waals surface area (Å²) in [5.41, 5.74) is 6.33. The van der Waals surface area contributed by atoms with Crippen LogP contribution < -0.4 is 11.3 Å². The largest absolute Gasteiger partial charge is 0.326 e. The Morgan fingerprint density at radius 2 is 2.50 bits per heavy atom. The van der Waals surface area contributed by atoms with Crippen LogP contribution in [0.4, 0.5) is 0 Å². The van der Waals surface area contributed by atoms with Gasteiger partial charge in [-0.25, -0.2) is 9.50 Å². The molecule has 0 aliphatic rings. The summed E-state index contributed by atoms with van der Waals surface area (Å²) in [4.78, 5) is 15.5. The van der Waals surface area contributed by atoms with Crippen LogP contribution in [0.15, 0.2) is 23.3 Å². The number of hydrogen-bond donors (Lipinski definition) is 2. The van der Waals surface area contributed by atoms with Gasteiger partial charge in [-0.2, -0.15) is 0 Å². The quantitative estimate of drug-likeness (QED) is 0.595. The molecule has 0 fully saturated rings. The lowest BCUT2D eigenvalue weighted by atomic mass is 10.3. The third-order valence-electron chi connectivity index (χ3n) is 1.72. The molecule has 62 valence electrons. The highest BCUT2D eigenvalue weighted by atomic mass is 16.1. The molecular formula is C7H8N4O. The minimum Gasteiger partial charge on any atom is -0.326 e. The first kappa shape index (κ1) is 7.05. The van der Waals surface area contributed by atoms with Gasteiger partial charge in [0.1, 0.15) is 0 Å². The molecule has 0 bridgehead atoms. The average molecular weight is 164 g/mol. The van der Waals surface area contributed by atoms with Crippen LogP contribution in [0.25, 0.3) is 5.65 Å². The van der Waals surface area contributed by atoms with Gasteiger partial charge in [-0.3, -0.25) is 9.89 Å². The Morgan fingerprint density at radius 1 is 1.67 bits per heavy atom. The second kappa shape index (κ2) is 2.46. The van der Waals surface area contributed by atoms with E-state index in [1.165, 1.54) is 10.7 Å². The molecule has 0 radical (unpaired) electrons. The van der Waals surface area contributed by atoms with Gasteiger partial charge in [0.2, 0.25) is 0 Å². The maximum Gasteiger partial charge on any atom is 0.277 e. The van der Waals surface area contributed by atoms with Crippen LogP contribution in [-0.4, -0.2) is 14.6 Å². The zero-order valence-corrected chi connectivity index (χ0v) is 6.32. The van der Waals surface area contributed by atoms with E-state index in [-0.39, 0.29) is 12.1 Å². The monoisotopic (exact) mass is 164 g/mol. The molecule has 0 saturated heterocycles. The van der Waals surface area contributed by atoms with Crippen molar-refractivity contribution >= 4 is 5.65 Å². The van der Waals surface area contributed by atoms with E-state index < -0.39 is 0 Å². The molecule has 0 aliphatic heterocycles. The number of hydrogen-bond acceptors (Lipinski definition) is 3. The fourth-order valence-corrected chi connectivity index (χ4v) is 1.07. The molecular weight excluding hydrogens is 156 g/mol. The third kappa shape index (κ3) is 0.835. The average Bonchev–Trinajstić information content (AvgIpc) is 2.53. The Hall–Kier alpha value is -1.62. The van der Waals surface area contributed by atoms with Crippen LogP contribution in [0.1, 0.15) is 5.56 Å². The normalized spacial score (nSPS) is 10.8. The standard InChI is InChI=1S/C7H8N4O/c8-3-5-4-9-6-1-2-10-11(6)7(5)12/h1-2,4,10H,3,8H2. The van der Waals surface area contributed by atoms with Gasteiger partial charge in [-0.1, -0.05) is 0 Å². The van der Waals surface area contributed by atoms with Crippen LogP contribution >= 0.6 is 0 Å². The van der Waals surface area contributed by atoms with Crippen LogP contribution in [-0.2, 0) is 6.54 Å². The van der Waals surface area contributed by atoms with Gasteiger partial charge in [0.15, 0.2) is 5.65 Å². The Bertz CT molecular complexity index is 456. The fourth-order valence-electron chi connectivity index (χ4n) is 1.07. The lowest BCUT2D eigenvalue weighted by Gasteiger charge is -1.95. The molecule has 0 aromatic carbocycles. The molecule has 0 spiro atoms. The second-order valence-electron chi connectivity index (χ2n) is 2.45. The maximum atomic E-state index is 11.4. The molecule has 3 N–H and O–H groups in total. The van der Waals surface area contributed by atoms with Crippen molar-refractivity contribution in [1.82, 2.24) is 14.6 Å². The second-order valence-corrected chi connectivity index (χ2v) is 2.45. The molecule has 2 aromatic heterocycles. The highest BCUT2D eigenvalue weighted by Crippen LogP contribution is 1.94. The molecule has 0 unspecified atom stereocenters. The zero-order valence-electron chi connectivity index (χ0n) is 6.32. The zero-order chi connectivity index (χ0) is 8.55. The number of nitrogens with two attached hydrogens (primary N) is 1. The van der Waals surface area contributed by atoms with Crippen molar-refractivity contribution in [3.8, 4) is 0 Å². The summed E-state index contributed by atoms with van der Waals surface area (Å²) in [7, 11) is 0. The Balaban J connectivity index is 2.88. The summed E-state index contributed by atoms with van der Waals surface area (Å²) in [6, 6.07) is 1.72. The van der Waals surface area contributed by atoms with E-state index in [0.717, 1.165) is 0 Å². The Morgan fingerprint density at radius 3 is 3.25 bits per heavy atom. The summed E-state index contributed by atoms with van der Waals surface area (Å²) >= 11 is 0. The van der Waals surface area contributed by atoms with Gasteiger partial charge in [0, 0.05) is 25.0 Å². The van der Waals surface area contributed by atoms with E-state index in [4.69, 9.17) is 5.73 Å². The van der Waals surface area contributed by atoms with E-state index in [9.17, 15) is 4.79 Å². The van der Waals surface area contributed by atoms with Crippen LogP contribution in [0.3, 0.4) is 0 Å². The lowest BCUT2D eigenvalue weighted by molar-refractivity contribution is 0.860. The highest BCUT2D eigenvalue weighted by molar-refractivity contribution is 5.35. The SMILES string of the molecule is NCc1cnc2cc[nH]n2c1=O. The van der Waals surface area contributed by atoms with E-state index >= 15 is 0 Å². The molecule has 0 saturated carbocycles. The minimum absolute atomic E-state index is 0.132. The molecule has 0 aliphatic carbocycles. The summed E-state index contributed by atoms with van der Waals surface area (Å²) < 4.78 is 1.36. The first-order valence-corrected chi connectivity index (χ1v) is 3.57. The predicted octanol–water partition coefficient (Wildman–Crippen LogP) is -0.519. The van der Waals surface area contributed by atoms with Gasteiger partial charge in [0.25, 0.3) is 5.56 Å². The van der Waals surface area contributed by atoms with E-state index in [1.807, 2.05) is 0 Å². The molecule has 2 rings (SSSR count). The number of H-pyrrole nitrogens is 1. The van der Waals surface area contributed by atoms with Gasteiger partial charge in [-0.15, -0.1) is 0 Å². The van der Waals surface area contributed by atoms with Crippen LogP contribution in [0.5, 0.6) is 0 Å². The van der Waals surface area contributed by atoms with Gasteiger partial charge < -0.3 is 5.73 Å². The van der Waals surface area contributed by atoms with Crippen LogP contribution in [0, 0.1) is 0 Å². The maximum absolute atomic E-state index is 11.4. The molecule has 2 aromatic rings. The molecule has 5 heteroatoms. The van der Waals surface area contributed by atoms with Crippen LogP contribution in [0.2, 0.25) is 0 Å². The molecule has 5 nitrogen and oxygen atoms in total. The highest BCUT2D eigenvalue weighted by Gasteiger charge is 2.01. The summed E-state index contributed by atoms with van der Waals surface area (Å²) in [6.07, 6.45) is 3.16. The van der Waals surface area contributed by atoms with E-state index in [1.54, 1.807) is 12.3 Å². The van der Waals surface area contributed by atoms with Crippen molar-refractivity contribution in [3.05, 3.63) is 34.4 Å². The first-order valence-electron chi connectivity index (χ1n) is 3.57. The molecule has 0 amide bonds. The number of rotatable bonds is 1. The number of aromatic amines is 1. The summed E-state index contributed by atoms with van der Waals surface area (Å²) in [6.45, 7) is 0.216. The molecule has 12 heavy (non-hydrogen) atoms. The Labute approximate surface area is 67.8 Å². The fraction of sp³-hybridized carbons (Fsp3) is 0.143. The first-order chi connectivity index (χ1) is 5.83. The van der Waals surface area contributed by atoms with Gasteiger partial charge in [0.05, 0.1) is 5.56 Å². The molecule has 0 atom stereocenters. The van der Waals surface area contributed by atoms with Crippen molar-refractivity contribution < 1.29 is 0 Å². The van der Waals surface area contributed by atoms with Crippen molar-refractivity contribution in [2.24, 2.45) is 5.73 Å². The Kier molecular flexibility index (Phi) is 1.44. The van der Waals surface area contributed by atoms with E-state index in [2.05, 4.69) is 10.1 Å². The number of nitrogens with zero attached hydrogens (tertiary/aromatic N) is 2. The lowest BCUT2D eigenvalue weighted by Crippen LogP contribution is -2.21. The third-order valence-corrected chi connectivity index (χ3v) is 1.72. The van der Waals surface area contributed by atoms with E-state index in [0.29, 0.717) is 11.2 Å². The predicted molar refractivity (Wildman–Crippen MR) is 43.7 cm³/mol. The molecule has 2 heterocycles. The van der Waals surface area contributed by atoms with Crippen molar-refractivity contribution in [2.45, 2.75) is 6.54 Å². The smallest absolute Gasteiger partial charge is 0.277 e. The number of aromatic nitrogens is 3. The number of nitrogens with one attached hydrogen (secondary N) is 1. The van der Waals surface area contributed by atoms with Crippen molar-refractivity contribution in [3.63, 3.8) is 0 Å². The van der Waals surface area contributed by atoms with Crippen molar-refractivity contribution in [1.29, 1.82) is 0 Å². The van der Waals surface area contributed by atoms with Gasteiger partial charge >= 0.3 is 0 Å². The topological polar surface area (TPSA) is 76.2 Å².